The molecule has 2 atom stereocenters. The Morgan fingerprint density at radius 3 is 2.65 bits per heavy atom. The zero-order chi connectivity index (χ0) is 12.8. The van der Waals surface area contributed by atoms with Crippen molar-refractivity contribution in [2.24, 2.45) is 0 Å². The van der Waals surface area contributed by atoms with Gasteiger partial charge in [-0.15, -0.1) is 0 Å². The lowest BCUT2D eigenvalue weighted by molar-refractivity contribution is -0.172. The number of aryl methyl sites for hydroxylation is 1. The molecule has 0 aromatic heterocycles. The Morgan fingerprint density at radius 1 is 1.47 bits per heavy atom. The van der Waals surface area contributed by atoms with Gasteiger partial charge in [-0.25, -0.2) is 4.79 Å². The highest BCUT2D eigenvalue weighted by Crippen LogP contribution is 2.19. The summed E-state index contributed by atoms with van der Waals surface area (Å²) in [6, 6.07) is 7.28. The van der Waals surface area contributed by atoms with Crippen molar-refractivity contribution in [1.82, 2.24) is 0 Å². The molecule has 0 fully saturated rings. The third kappa shape index (κ3) is 3.92. The monoisotopic (exact) mass is 236 g/mol. The highest BCUT2D eigenvalue weighted by Gasteiger charge is 2.21. The van der Waals surface area contributed by atoms with Gasteiger partial charge in [-0.3, -0.25) is 0 Å². The molecule has 0 aliphatic carbocycles. The first-order valence-electron chi connectivity index (χ1n) is 5.28. The number of ether oxygens (including phenoxy) is 2. The van der Waals surface area contributed by atoms with Crippen LogP contribution < -0.4 is 4.74 Å². The van der Waals surface area contributed by atoms with Crippen LogP contribution in [0, 0.1) is 6.92 Å². The Labute approximate surface area is 100 Å². The molecule has 0 saturated carbocycles. The SMILES string of the molecule is C=CC(=O)OC(Oc1ccccc1C)C(C)O. The number of hydrogen-bond donors (Lipinski definition) is 1. The maximum Gasteiger partial charge on any atom is 0.333 e. The molecule has 1 aromatic rings. The number of hydrogen-bond acceptors (Lipinski definition) is 4. The first-order chi connectivity index (χ1) is 8.04. The van der Waals surface area contributed by atoms with Gasteiger partial charge in [0.2, 0.25) is 0 Å². The second-order valence-corrected chi connectivity index (χ2v) is 3.63. The van der Waals surface area contributed by atoms with Crippen LogP contribution in [0.5, 0.6) is 5.75 Å². The molecule has 4 heteroatoms. The van der Waals surface area contributed by atoms with Crippen molar-refractivity contribution in [2.45, 2.75) is 26.2 Å². The summed E-state index contributed by atoms with van der Waals surface area (Å²) in [6.45, 7) is 6.64. The number of para-hydroxylation sites is 1. The summed E-state index contributed by atoms with van der Waals surface area (Å²) >= 11 is 0. The molecule has 0 radical (unpaired) electrons. The lowest BCUT2D eigenvalue weighted by atomic mass is 10.2. The molecule has 92 valence electrons. The van der Waals surface area contributed by atoms with Gasteiger partial charge < -0.3 is 14.6 Å². The third-order valence-electron chi connectivity index (χ3n) is 2.13. The van der Waals surface area contributed by atoms with Gasteiger partial charge in [-0.1, -0.05) is 24.8 Å². The van der Waals surface area contributed by atoms with E-state index in [4.69, 9.17) is 9.47 Å². The molecular weight excluding hydrogens is 220 g/mol. The van der Waals surface area contributed by atoms with Crippen molar-refractivity contribution in [3.05, 3.63) is 42.5 Å². The van der Waals surface area contributed by atoms with E-state index in [-0.39, 0.29) is 0 Å². The molecule has 0 saturated heterocycles. The van der Waals surface area contributed by atoms with Crippen LogP contribution in [-0.4, -0.2) is 23.5 Å². The summed E-state index contributed by atoms with van der Waals surface area (Å²) in [6.07, 6.45) is -0.948. The predicted octanol–water partition coefficient (Wildman–Crippen LogP) is 1.81. The fourth-order valence-electron chi connectivity index (χ4n) is 1.20. The van der Waals surface area contributed by atoms with Crippen molar-refractivity contribution in [3.63, 3.8) is 0 Å². The van der Waals surface area contributed by atoms with Crippen LogP contribution in [0.15, 0.2) is 36.9 Å². The molecule has 1 rings (SSSR count). The maximum atomic E-state index is 11.1. The summed E-state index contributed by atoms with van der Waals surface area (Å²) < 4.78 is 10.3. The lowest BCUT2D eigenvalue weighted by Gasteiger charge is -2.21. The van der Waals surface area contributed by atoms with Gasteiger partial charge in [0.1, 0.15) is 11.9 Å². The summed E-state index contributed by atoms with van der Waals surface area (Å²) in [7, 11) is 0. The van der Waals surface area contributed by atoms with Crippen LogP contribution in [0.4, 0.5) is 0 Å². The van der Waals surface area contributed by atoms with Crippen LogP contribution in [0.25, 0.3) is 0 Å². The molecular formula is C13H16O4. The Morgan fingerprint density at radius 2 is 2.12 bits per heavy atom. The maximum absolute atomic E-state index is 11.1. The number of esters is 1. The number of aliphatic hydroxyl groups excluding tert-OH is 1. The zero-order valence-corrected chi connectivity index (χ0v) is 9.92. The van der Waals surface area contributed by atoms with E-state index in [2.05, 4.69) is 6.58 Å². The average molecular weight is 236 g/mol. The summed E-state index contributed by atoms with van der Waals surface area (Å²) in [5.41, 5.74) is 0.896. The Bertz CT molecular complexity index is 398. The first kappa shape index (κ1) is 13.3. The number of benzene rings is 1. The molecule has 0 amide bonds. The molecule has 1 N–H and O–H groups in total. The lowest BCUT2D eigenvalue weighted by Crippen LogP contribution is -2.34. The molecule has 0 aliphatic rings. The molecule has 0 bridgehead atoms. The second-order valence-electron chi connectivity index (χ2n) is 3.63. The second kappa shape index (κ2) is 6.06. The summed E-state index contributed by atoms with van der Waals surface area (Å²) in [5.74, 6) is -0.0697. The van der Waals surface area contributed by atoms with Crippen LogP contribution in [0.1, 0.15) is 12.5 Å². The van der Waals surface area contributed by atoms with Crippen molar-refractivity contribution >= 4 is 5.97 Å². The number of aliphatic hydroxyl groups is 1. The normalized spacial score (nSPS) is 13.6. The van der Waals surface area contributed by atoms with E-state index in [1.807, 2.05) is 19.1 Å². The molecule has 2 unspecified atom stereocenters. The van der Waals surface area contributed by atoms with Crippen LogP contribution >= 0.6 is 0 Å². The largest absolute Gasteiger partial charge is 0.452 e. The van der Waals surface area contributed by atoms with Gasteiger partial charge in [0, 0.05) is 6.08 Å². The Kier molecular flexibility index (Phi) is 4.72. The molecule has 17 heavy (non-hydrogen) atoms. The Balaban J connectivity index is 2.77. The van der Waals surface area contributed by atoms with Crippen LogP contribution in [0.3, 0.4) is 0 Å². The molecule has 0 heterocycles. The highest BCUT2D eigenvalue weighted by atomic mass is 16.7. The van der Waals surface area contributed by atoms with Gasteiger partial charge in [0.25, 0.3) is 6.29 Å². The Hall–Kier alpha value is -1.81. The van der Waals surface area contributed by atoms with Gasteiger partial charge >= 0.3 is 5.97 Å². The standard InChI is InChI=1S/C13H16O4/c1-4-12(15)17-13(10(3)14)16-11-8-6-5-7-9(11)2/h4-8,10,13-14H,1H2,2-3H3. The quantitative estimate of drug-likeness (QED) is 0.481. The van der Waals surface area contributed by atoms with Crippen molar-refractivity contribution < 1.29 is 19.4 Å². The molecule has 4 nitrogen and oxygen atoms in total. The van der Waals surface area contributed by atoms with Gasteiger partial charge in [-0.05, 0) is 25.5 Å². The van der Waals surface area contributed by atoms with Gasteiger partial charge in [-0.2, -0.15) is 0 Å². The number of carbonyl (C=O) groups is 1. The molecule has 0 spiro atoms. The fraction of sp³-hybridized carbons (Fsp3) is 0.308. The van der Waals surface area contributed by atoms with Gasteiger partial charge in [0.15, 0.2) is 0 Å². The molecule has 1 aromatic carbocycles. The molecule has 0 aliphatic heterocycles. The minimum absolute atomic E-state index is 0.565. The van der Waals surface area contributed by atoms with Crippen molar-refractivity contribution in [1.29, 1.82) is 0 Å². The smallest absolute Gasteiger partial charge is 0.333 e. The van der Waals surface area contributed by atoms with Crippen LogP contribution in [-0.2, 0) is 9.53 Å². The third-order valence-corrected chi connectivity index (χ3v) is 2.13. The summed E-state index contributed by atoms with van der Waals surface area (Å²) in [4.78, 5) is 11.1. The van der Waals surface area contributed by atoms with E-state index >= 15 is 0 Å². The fourth-order valence-corrected chi connectivity index (χ4v) is 1.20. The van der Waals surface area contributed by atoms with E-state index in [0.717, 1.165) is 11.6 Å². The van der Waals surface area contributed by atoms with E-state index in [9.17, 15) is 9.90 Å². The van der Waals surface area contributed by atoms with Crippen molar-refractivity contribution in [2.75, 3.05) is 0 Å². The first-order valence-corrected chi connectivity index (χ1v) is 5.28. The minimum Gasteiger partial charge on any atom is -0.452 e. The zero-order valence-electron chi connectivity index (χ0n) is 9.92. The van der Waals surface area contributed by atoms with Crippen molar-refractivity contribution in [3.8, 4) is 5.75 Å². The number of carbonyl (C=O) groups excluding carboxylic acids is 1. The predicted molar refractivity (Wildman–Crippen MR) is 63.6 cm³/mol. The summed E-state index contributed by atoms with van der Waals surface area (Å²) in [5, 5.41) is 9.47. The van der Waals surface area contributed by atoms with Gasteiger partial charge in [0.05, 0.1) is 0 Å². The number of rotatable bonds is 5. The topological polar surface area (TPSA) is 55.8 Å². The van der Waals surface area contributed by atoms with E-state index < -0.39 is 18.4 Å². The highest BCUT2D eigenvalue weighted by molar-refractivity contribution is 5.81. The van der Waals surface area contributed by atoms with E-state index in [1.165, 1.54) is 6.92 Å². The minimum atomic E-state index is -1.04. The van der Waals surface area contributed by atoms with E-state index in [0.29, 0.717) is 5.75 Å². The average Bonchev–Trinajstić information content (AvgIpc) is 2.30. The van der Waals surface area contributed by atoms with Crippen LogP contribution in [0.2, 0.25) is 0 Å². The van der Waals surface area contributed by atoms with E-state index in [1.54, 1.807) is 12.1 Å².